The molecule has 3 nitrogen and oxygen atoms in total. The monoisotopic (exact) mass is 192 g/mol. The summed E-state index contributed by atoms with van der Waals surface area (Å²) in [6.07, 6.45) is 0.561. The van der Waals surface area contributed by atoms with Crippen LogP contribution < -0.4 is 5.32 Å². The second-order valence-corrected chi connectivity index (χ2v) is 4.13. The molecule has 0 bridgehead atoms. The normalized spacial score (nSPS) is 21.2. The Kier molecular flexibility index (Phi) is 2.03. The number of nitriles is 1. The van der Waals surface area contributed by atoms with E-state index < -0.39 is 0 Å². The Bertz CT molecular complexity index is 377. The van der Waals surface area contributed by atoms with E-state index in [0.29, 0.717) is 17.8 Å². The van der Waals surface area contributed by atoms with Crippen LogP contribution in [-0.2, 0) is 4.79 Å². The molecule has 1 amide bonds. The molecule has 1 aromatic rings. The zero-order valence-corrected chi connectivity index (χ0v) is 7.73. The molecular formula is C9H8N2OS. The van der Waals surface area contributed by atoms with E-state index in [1.807, 2.05) is 12.1 Å². The van der Waals surface area contributed by atoms with E-state index in [1.165, 1.54) is 11.3 Å². The molecule has 1 unspecified atom stereocenters. The number of rotatable bonds is 1. The first kappa shape index (κ1) is 8.27. The van der Waals surface area contributed by atoms with Gasteiger partial charge in [-0.15, -0.1) is 11.3 Å². The maximum atomic E-state index is 10.9. The van der Waals surface area contributed by atoms with Crippen LogP contribution in [0.2, 0.25) is 0 Å². The van der Waals surface area contributed by atoms with Gasteiger partial charge in [-0.2, -0.15) is 5.26 Å². The third-order valence-corrected chi connectivity index (χ3v) is 3.27. The standard InChI is InChI=1S/C9H8N2OS/c10-4-7-1-2-8(13-7)6-3-9(12)11-5-6/h1-2,6H,3,5H2,(H,11,12). The third kappa shape index (κ3) is 1.56. The summed E-state index contributed by atoms with van der Waals surface area (Å²) in [6.45, 7) is 0.713. The average Bonchev–Trinajstić information content (AvgIpc) is 2.71. The molecule has 0 aromatic carbocycles. The van der Waals surface area contributed by atoms with E-state index in [4.69, 9.17) is 5.26 Å². The van der Waals surface area contributed by atoms with Crippen LogP contribution in [-0.4, -0.2) is 12.5 Å². The Morgan fingerprint density at radius 3 is 3.00 bits per heavy atom. The molecule has 1 fully saturated rings. The zero-order valence-electron chi connectivity index (χ0n) is 6.91. The summed E-state index contributed by atoms with van der Waals surface area (Å²) in [5.41, 5.74) is 0. The van der Waals surface area contributed by atoms with Gasteiger partial charge in [0.05, 0.1) is 0 Å². The largest absolute Gasteiger partial charge is 0.355 e. The number of nitrogens with zero attached hydrogens (tertiary/aromatic N) is 1. The molecule has 0 saturated carbocycles. The minimum Gasteiger partial charge on any atom is -0.355 e. The topological polar surface area (TPSA) is 52.9 Å². The van der Waals surface area contributed by atoms with E-state index in [0.717, 1.165) is 4.88 Å². The van der Waals surface area contributed by atoms with Crippen molar-refractivity contribution in [1.82, 2.24) is 5.32 Å². The van der Waals surface area contributed by atoms with Crippen molar-refractivity contribution >= 4 is 17.2 Å². The van der Waals surface area contributed by atoms with Crippen LogP contribution in [0.3, 0.4) is 0 Å². The maximum absolute atomic E-state index is 10.9. The average molecular weight is 192 g/mol. The highest BCUT2D eigenvalue weighted by Crippen LogP contribution is 2.28. The summed E-state index contributed by atoms with van der Waals surface area (Å²) < 4.78 is 0. The van der Waals surface area contributed by atoms with Crippen molar-refractivity contribution < 1.29 is 4.79 Å². The van der Waals surface area contributed by atoms with Crippen molar-refractivity contribution in [2.24, 2.45) is 0 Å². The lowest BCUT2D eigenvalue weighted by molar-refractivity contribution is -0.119. The molecule has 1 saturated heterocycles. The van der Waals surface area contributed by atoms with Crippen LogP contribution >= 0.6 is 11.3 Å². The highest BCUT2D eigenvalue weighted by molar-refractivity contribution is 7.12. The van der Waals surface area contributed by atoms with Crippen LogP contribution in [0.4, 0.5) is 0 Å². The predicted octanol–water partition coefficient (Wildman–Crippen LogP) is 1.22. The first-order chi connectivity index (χ1) is 6.29. The van der Waals surface area contributed by atoms with Crippen molar-refractivity contribution in [3.05, 3.63) is 21.9 Å². The molecule has 0 spiro atoms. The van der Waals surface area contributed by atoms with Gasteiger partial charge < -0.3 is 5.32 Å². The molecule has 1 N–H and O–H groups in total. The van der Waals surface area contributed by atoms with Crippen LogP contribution in [0.15, 0.2) is 12.1 Å². The lowest BCUT2D eigenvalue weighted by Gasteiger charge is -2.00. The minimum absolute atomic E-state index is 0.108. The molecule has 1 aliphatic heterocycles. The van der Waals surface area contributed by atoms with Gasteiger partial charge in [-0.25, -0.2) is 0 Å². The van der Waals surface area contributed by atoms with Gasteiger partial charge in [0.15, 0.2) is 0 Å². The maximum Gasteiger partial charge on any atom is 0.220 e. The Morgan fingerprint density at radius 1 is 1.62 bits per heavy atom. The molecule has 1 aliphatic rings. The van der Waals surface area contributed by atoms with E-state index in [1.54, 1.807) is 0 Å². The summed E-state index contributed by atoms with van der Waals surface area (Å²) >= 11 is 1.48. The second-order valence-electron chi connectivity index (χ2n) is 3.02. The predicted molar refractivity (Wildman–Crippen MR) is 49.4 cm³/mol. The summed E-state index contributed by atoms with van der Waals surface area (Å²) in [5, 5.41) is 11.4. The number of hydrogen-bond donors (Lipinski definition) is 1. The smallest absolute Gasteiger partial charge is 0.220 e. The van der Waals surface area contributed by atoms with E-state index in [9.17, 15) is 4.79 Å². The van der Waals surface area contributed by atoms with Gasteiger partial charge in [0.2, 0.25) is 5.91 Å². The Balaban J connectivity index is 2.18. The molecule has 1 aromatic heterocycles. The first-order valence-electron chi connectivity index (χ1n) is 4.06. The van der Waals surface area contributed by atoms with Gasteiger partial charge in [0.1, 0.15) is 10.9 Å². The molecule has 0 aliphatic carbocycles. The summed E-state index contributed by atoms with van der Waals surface area (Å²) in [4.78, 5) is 12.8. The zero-order chi connectivity index (χ0) is 9.26. The van der Waals surface area contributed by atoms with E-state index in [-0.39, 0.29) is 11.8 Å². The highest BCUT2D eigenvalue weighted by atomic mass is 32.1. The van der Waals surface area contributed by atoms with Crippen LogP contribution in [0.1, 0.15) is 22.1 Å². The fraction of sp³-hybridized carbons (Fsp3) is 0.333. The lowest BCUT2D eigenvalue weighted by Crippen LogP contribution is -2.13. The Morgan fingerprint density at radius 2 is 2.46 bits per heavy atom. The quantitative estimate of drug-likeness (QED) is 0.727. The van der Waals surface area contributed by atoms with Crippen molar-refractivity contribution in [3.63, 3.8) is 0 Å². The molecule has 1 atom stereocenters. The number of hydrogen-bond acceptors (Lipinski definition) is 3. The fourth-order valence-electron chi connectivity index (χ4n) is 1.44. The molecule has 0 radical (unpaired) electrons. The summed E-state index contributed by atoms with van der Waals surface area (Å²) in [6, 6.07) is 5.84. The molecule has 13 heavy (non-hydrogen) atoms. The van der Waals surface area contributed by atoms with Crippen molar-refractivity contribution in [2.45, 2.75) is 12.3 Å². The molecule has 2 heterocycles. The SMILES string of the molecule is N#Cc1ccc(C2CNC(=O)C2)s1. The summed E-state index contributed by atoms with van der Waals surface area (Å²) in [5.74, 6) is 0.386. The number of carbonyl (C=O) groups is 1. The second kappa shape index (κ2) is 3.19. The first-order valence-corrected chi connectivity index (χ1v) is 4.88. The number of nitrogens with one attached hydrogen (secondary N) is 1. The Labute approximate surface area is 80.0 Å². The molecule has 4 heteroatoms. The summed E-state index contributed by atoms with van der Waals surface area (Å²) in [7, 11) is 0. The molecule has 66 valence electrons. The van der Waals surface area contributed by atoms with Gasteiger partial charge in [-0.05, 0) is 12.1 Å². The van der Waals surface area contributed by atoms with Crippen molar-refractivity contribution in [2.75, 3.05) is 6.54 Å². The van der Waals surface area contributed by atoms with Crippen LogP contribution in [0.5, 0.6) is 0 Å². The molecular weight excluding hydrogens is 184 g/mol. The van der Waals surface area contributed by atoms with Gasteiger partial charge in [-0.1, -0.05) is 0 Å². The van der Waals surface area contributed by atoms with Gasteiger partial charge >= 0.3 is 0 Å². The number of amides is 1. The number of thiophene rings is 1. The fourth-order valence-corrected chi connectivity index (χ4v) is 2.34. The minimum atomic E-state index is 0.108. The molecule has 2 rings (SSSR count). The van der Waals surface area contributed by atoms with E-state index in [2.05, 4.69) is 11.4 Å². The van der Waals surface area contributed by atoms with Crippen LogP contribution in [0.25, 0.3) is 0 Å². The van der Waals surface area contributed by atoms with Crippen molar-refractivity contribution in [1.29, 1.82) is 5.26 Å². The highest BCUT2D eigenvalue weighted by Gasteiger charge is 2.24. The lowest BCUT2D eigenvalue weighted by atomic mass is 10.1. The third-order valence-electron chi connectivity index (χ3n) is 2.12. The van der Waals surface area contributed by atoms with Gasteiger partial charge in [0, 0.05) is 23.8 Å². The number of carbonyl (C=O) groups excluding carboxylic acids is 1. The van der Waals surface area contributed by atoms with Gasteiger partial charge in [0.25, 0.3) is 0 Å². The van der Waals surface area contributed by atoms with Crippen LogP contribution in [0, 0.1) is 11.3 Å². The van der Waals surface area contributed by atoms with E-state index >= 15 is 0 Å². The van der Waals surface area contributed by atoms with Crippen molar-refractivity contribution in [3.8, 4) is 6.07 Å². The Hall–Kier alpha value is -1.34. The van der Waals surface area contributed by atoms with Gasteiger partial charge in [-0.3, -0.25) is 4.79 Å².